The van der Waals surface area contributed by atoms with Gasteiger partial charge in [0.15, 0.2) is 5.96 Å². The van der Waals surface area contributed by atoms with E-state index in [1.165, 1.54) is 25.3 Å². The van der Waals surface area contributed by atoms with Crippen molar-refractivity contribution in [2.45, 2.75) is 45.1 Å². The largest absolute Gasteiger partial charge is 0.369 e. The summed E-state index contributed by atoms with van der Waals surface area (Å²) < 4.78 is 13.7. The fourth-order valence-electron chi connectivity index (χ4n) is 4.27. The summed E-state index contributed by atoms with van der Waals surface area (Å²) in [5, 5.41) is 0. The summed E-state index contributed by atoms with van der Waals surface area (Å²) in [5.41, 5.74) is 6.95. The predicted octanol–water partition coefficient (Wildman–Crippen LogP) is 3.55. The van der Waals surface area contributed by atoms with Gasteiger partial charge in [0.2, 0.25) is 0 Å². The van der Waals surface area contributed by atoms with E-state index in [0.717, 1.165) is 18.7 Å². The highest BCUT2D eigenvalue weighted by Gasteiger charge is 2.50. The Morgan fingerprint density at radius 2 is 2.19 bits per heavy atom. The van der Waals surface area contributed by atoms with Crippen molar-refractivity contribution in [1.29, 1.82) is 0 Å². The summed E-state index contributed by atoms with van der Waals surface area (Å²) in [5.74, 6) is 1.43. The van der Waals surface area contributed by atoms with Crippen molar-refractivity contribution in [3.63, 3.8) is 0 Å². The van der Waals surface area contributed by atoms with E-state index in [0.29, 0.717) is 17.8 Å². The third-order valence-corrected chi connectivity index (χ3v) is 5.13. The summed E-state index contributed by atoms with van der Waals surface area (Å²) in [4.78, 5) is 6.64. The molecule has 1 heterocycles. The van der Waals surface area contributed by atoms with Crippen LogP contribution in [0.2, 0.25) is 0 Å². The van der Waals surface area contributed by atoms with E-state index in [1.807, 2.05) is 6.07 Å². The lowest BCUT2D eigenvalue weighted by Crippen LogP contribution is -2.59. The molecule has 114 valence electrons. The first-order valence-corrected chi connectivity index (χ1v) is 7.90. The third-order valence-electron chi connectivity index (χ3n) is 5.13. The molecular formula is C17H24FN3. The Morgan fingerprint density at radius 3 is 2.90 bits per heavy atom. The first-order valence-electron chi connectivity index (χ1n) is 7.90. The Morgan fingerprint density at radius 1 is 1.38 bits per heavy atom. The van der Waals surface area contributed by atoms with Gasteiger partial charge in [0.05, 0.1) is 12.1 Å². The molecule has 1 aromatic carbocycles. The lowest BCUT2D eigenvalue weighted by Gasteiger charge is -2.49. The van der Waals surface area contributed by atoms with Gasteiger partial charge in [0.25, 0.3) is 0 Å². The van der Waals surface area contributed by atoms with Gasteiger partial charge in [-0.15, -0.1) is 0 Å². The molecule has 1 saturated carbocycles. The summed E-state index contributed by atoms with van der Waals surface area (Å²) in [6.07, 6.45) is 4.74. The number of aliphatic imine (C=N–C) groups is 1. The number of nitrogens with two attached hydrogens (primary N) is 1. The van der Waals surface area contributed by atoms with E-state index in [2.05, 4.69) is 23.7 Å². The molecule has 0 saturated heterocycles. The van der Waals surface area contributed by atoms with Crippen molar-refractivity contribution >= 4 is 11.6 Å². The van der Waals surface area contributed by atoms with Crippen LogP contribution in [-0.2, 0) is 0 Å². The quantitative estimate of drug-likeness (QED) is 0.904. The van der Waals surface area contributed by atoms with E-state index in [1.54, 1.807) is 12.1 Å². The number of anilines is 1. The molecule has 1 spiro atoms. The Hall–Kier alpha value is -1.58. The molecule has 1 fully saturated rings. The molecule has 1 aliphatic carbocycles. The number of benzene rings is 1. The minimum Gasteiger partial charge on any atom is -0.369 e. The van der Waals surface area contributed by atoms with E-state index in [9.17, 15) is 4.39 Å². The van der Waals surface area contributed by atoms with Crippen LogP contribution >= 0.6 is 0 Å². The molecule has 0 aromatic heterocycles. The topological polar surface area (TPSA) is 41.6 Å². The molecule has 0 radical (unpaired) electrons. The lowest BCUT2D eigenvalue weighted by molar-refractivity contribution is 0.157. The fourth-order valence-corrected chi connectivity index (χ4v) is 4.27. The molecule has 2 atom stereocenters. The molecule has 1 aromatic rings. The molecule has 4 heteroatoms. The van der Waals surface area contributed by atoms with Crippen LogP contribution in [0.15, 0.2) is 29.3 Å². The zero-order chi connectivity index (χ0) is 15.0. The monoisotopic (exact) mass is 289 g/mol. The van der Waals surface area contributed by atoms with Crippen molar-refractivity contribution < 1.29 is 4.39 Å². The van der Waals surface area contributed by atoms with Crippen LogP contribution < -0.4 is 10.6 Å². The second kappa shape index (κ2) is 5.32. The van der Waals surface area contributed by atoms with Gasteiger partial charge in [-0.1, -0.05) is 32.8 Å². The molecule has 0 amide bonds. The second-order valence-electron chi connectivity index (χ2n) is 6.69. The first-order chi connectivity index (χ1) is 10.0. The fraction of sp³-hybridized carbons (Fsp3) is 0.588. The molecular weight excluding hydrogens is 265 g/mol. The molecule has 3 rings (SSSR count). The van der Waals surface area contributed by atoms with E-state index < -0.39 is 0 Å². The smallest absolute Gasteiger partial charge is 0.196 e. The van der Waals surface area contributed by atoms with Gasteiger partial charge >= 0.3 is 0 Å². The average Bonchev–Trinajstić information content (AvgIpc) is 2.76. The number of nitrogens with zero attached hydrogens (tertiary/aromatic N) is 2. The third kappa shape index (κ3) is 2.30. The van der Waals surface area contributed by atoms with Crippen molar-refractivity contribution in [3.05, 3.63) is 30.1 Å². The molecule has 21 heavy (non-hydrogen) atoms. The number of hydrogen-bond donors (Lipinski definition) is 1. The van der Waals surface area contributed by atoms with Gasteiger partial charge in [-0.2, -0.15) is 0 Å². The van der Waals surface area contributed by atoms with Crippen LogP contribution in [0.25, 0.3) is 0 Å². The molecule has 2 aliphatic rings. The predicted molar refractivity (Wildman–Crippen MR) is 84.9 cm³/mol. The van der Waals surface area contributed by atoms with Gasteiger partial charge in [-0.05, 0) is 42.9 Å². The minimum atomic E-state index is -0.223. The number of guanidine groups is 1. The van der Waals surface area contributed by atoms with Crippen LogP contribution in [0.5, 0.6) is 0 Å². The van der Waals surface area contributed by atoms with E-state index in [4.69, 9.17) is 5.73 Å². The van der Waals surface area contributed by atoms with Crippen molar-refractivity contribution in [3.8, 4) is 0 Å². The van der Waals surface area contributed by atoms with Gasteiger partial charge < -0.3 is 10.6 Å². The first kappa shape index (κ1) is 14.4. The van der Waals surface area contributed by atoms with E-state index in [-0.39, 0.29) is 11.4 Å². The SMILES string of the molecule is CC(C)C1CCCCC12CN=C(N)N2c1cccc(F)c1. The standard InChI is InChI=1S/C17H24FN3/c1-12(2)15-8-3-4-9-17(15)11-20-16(19)21(17)14-7-5-6-13(18)10-14/h5-7,10,12,15H,3-4,8-9,11H2,1-2H3,(H2,19,20). The van der Waals surface area contributed by atoms with Crippen LogP contribution in [0.1, 0.15) is 39.5 Å². The van der Waals surface area contributed by atoms with Gasteiger partial charge in [0, 0.05) is 5.69 Å². The van der Waals surface area contributed by atoms with Crippen molar-refractivity contribution in [2.75, 3.05) is 11.4 Å². The maximum atomic E-state index is 13.7. The highest BCUT2D eigenvalue weighted by atomic mass is 19.1. The molecule has 2 unspecified atom stereocenters. The van der Waals surface area contributed by atoms with E-state index >= 15 is 0 Å². The summed E-state index contributed by atoms with van der Waals surface area (Å²) in [7, 11) is 0. The zero-order valence-corrected chi connectivity index (χ0v) is 12.8. The summed E-state index contributed by atoms with van der Waals surface area (Å²) in [6, 6.07) is 6.73. The second-order valence-corrected chi connectivity index (χ2v) is 6.69. The molecule has 3 nitrogen and oxygen atoms in total. The van der Waals surface area contributed by atoms with Crippen molar-refractivity contribution in [2.24, 2.45) is 22.6 Å². The number of hydrogen-bond acceptors (Lipinski definition) is 3. The minimum absolute atomic E-state index is 0.0652. The maximum Gasteiger partial charge on any atom is 0.196 e. The zero-order valence-electron chi connectivity index (χ0n) is 12.8. The average molecular weight is 289 g/mol. The molecule has 0 bridgehead atoms. The van der Waals surface area contributed by atoms with Gasteiger partial charge in [-0.25, -0.2) is 4.39 Å². The van der Waals surface area contributed by atoms with Crippen LogP contribution in [-0.4, -0.2) is 18.0 Å². The van der Waals surface area contributed by atoms with Crippen LogP contribution in [0.4, 0.5) is 10.1 Å². The summed E-state index contributed by atoms with van der Waals surface area (Å²) >= 11 is 0. The number of halogens is 1. The van der Waals surface area contributed by atoms with Gasteiger partial charge in [-0.3, -0.25) is 4.99 Å². The Labute approximate surface area is 126 Å². The van der Waals surface area contributed by atoms with Gasteiger partial charge in [0.1, 0.15) is 5.82 Å². The van der Waals surface area contributed by atoms with Crippen LogP contribution in [0, 0.1) is 17.7 Å². The van der Waals surface area contributed by atoms with Crippen LogP contribution in [0.3, 0.4) is 0 Å². The Kier molecular flexibility index (Phi) is 3.64. The summed E-state index contributed by atoms with van der Waals surface area (Å²) in [6.45, 7) is 5.28. The lowest BCUT2D eigenvalue weighted by atomic mass is 9.67. The maximum absolute atomic E-state index is 13.7. The highest BCUT2D eigenvalue weighted by molar-refractivity contribution is 5.98. The Balaban J connectivity index is 2.04. The highest BCUT2D eigenvalue weighted by Crippen LogP contribution is 2.46. The number of rotatable bonds is 2. The Bertz CT molecular complexity index is 555. The van der Waals surface area contributed by atoms with Crippen molar-refractivity contribution in [1.82, 2.24) is 0 Å². The molecule has 2 N–H and O–H groups in total. The molecule has 1 aliphatic heterocycles. The normalized spacial score (nSPS) is 29.2.